The van der Waals surface area contributed by atoms with E-state index >= 15 is 0 Å². The number of aromatic nitrogens is 1. The van der Waals surface area contributed by atoms with Gasteiger partial charge in [-0.1, -0.05) is 30.3 Å². The fraction of sp³-hybridized carbons (Fsp3) is 0.450. The Morgan fingerprint density at radius 1 is 0.957 bits per heavy atom. The highest BCUT2D eigenvalue weighted by atomic mass is 15.3. The molecular weight excluding hydrogens is 282 g/mol. The monoisotopic (exact) mass is 307 g/mol. The molecule has 0 spiro atoms. The molecule has 3 nitrogen and oxygen atoms in total. The zero-order chi connectivity index (χ0) is 15.6. The Balaban J connectivity index is 1.31. The first-order valence-electron chi connectivity index (χ1n) is 8.77. The Morgan fingerprint density at radius 3 is 2.30 bits per heavy atom. The van der Waals surface area contributed by atoms with Gasteiger partial charge in [-0.3, -0.25) is 4.90 Å². The number of aryl methyl sites for hydroxylation is 1. The van der Waals surface area contributed by atoms with E-state index in [1.54, 1.807) is 0 Å². The molecule has 0 atom stereocenters. The molecule has 1 aliphatic carbocycles. The van der Waals surface area contributed by atoms with Crippen molar-refractivity contribution in [1.82, 2.24) is 9.88 Å². The van der Waals surface area contributed by atoms with E-state index in [4.69, 9.17) is 0 Å². The number of anilines is 1. The summed E-state index contributed by atoms with van der Waals surface area (Å²) in [6, 6.07) is 13.6. The van der Waals surface area contributed by atoms with Crippen LogP contribution in [0.25, 0.3) is 0 Å². The summed E-state index contributed by atoms with van der Waals surface area (Å²) >= 11 is 0. The third kappa shape index (κ3) is 3.56. The fourth-order valence-electron chi connectivity index (χ4n) is 3.35. The summed E-state index contributed by atoms with van der Waals surface area (Å²) in [6.45, 7) is 7.51. The van der Waals surface area contributed by atoms with E-state index in [2.05, 4.69) is 58.1 Å². The Bertz CT molecular complexity index is 636. The third-order valence-corrected chi connectivity index (χ3v) is 5.03. The smallest absolute Gasteiger partial charge is 0.128 e. The lowest BCUT2D eigenvalue weighted by atomic mass is 10.1. The highest BCUT2D eigenvalue weighted by molar-refractivity contribution is 5.39. The summed E-state index contributed by atoms with van der Waals surface area (Å²) in [4.78, 5) is 9.50. The van der Waals surface area contributed by atoms with Crippen LogP contribution in [0.1, 0.15) is 35.4 Å². The van der Waals surface area contributed by atoms with Crippen molar-refractivity contribution in [2.75, 3.05) is 31.1 Å². The summed E-state index contributed by atoms with van der Waals surface area (Å²) in [5.41, 5.74) is 4.20. The number of hydrogen-bond donors (Lipinski definition) is 0. The van der Waals surface area contributed by atoms with Crippen LogP contribution >= 0.6 is 0 Å². The van der Waals surface area contributed by atoms with Gasteiger partial charge in [0.05, 0.1) is 0 Å². The minimum Gasteiger partial charge on any atom is -0.354 e. The second kappa shape index (κ2) is 6.32. The first-order valence-corrected chi connectivity index (χ1v) is 8.77. The lowest BCUT2D eigenvalue weighted by Gasteiger charge is -2.35. The molecule has 1 saturated carbocycles. The first kappa shape index (κ1) is 14.7. The van der Waals surface area contributed by atoms with Crippen LogP contribution in [0.2, 0.25) is 0 Å². The first-order chi connectivity index (χ1) is 11.3. The van der Waals surface area contributed by atoms with E-state index in [-0.39, 0.29) is 0 Å². The van der Waals surface area contributed by atoms with Gasteiger partial charge in [0.2, 0.25) is 0 Å². The SMILES string of the molecule is Cc1ccc(N2CCN(Cc3ccc(C4CC4)cc3)CC2)nc1. The molecule has 120 valence electrons. The maximum absolute atomic E-state index is 4.55. The van der Waals surface area contributed by atoms with Crippen molar-refractivity contribution in [3.63, 3.8) is 0 Å². The van der Waals surface area contributed by atoms with E-state index in [1.807, 2.05) is 6.20 Å². The summed E-state index contributed by atoms with van der Waals surface area (Å²) in [5.74, 6) is 1.97. The van der Waals surface area contributed by atoms with Gasteiger partial charge in [-0.15, -0.1) is 0 Å². The fourth-order valence-corrected chi connectivity index (χ4v) is 3.35. The van der Waals surface area contributed by atoms with E-state index < -0.39 is 0 Å². The quantitative estimate of drug-likeness (QED) is 0.860. The molecule has 0 radical (unpaired) electrons. The lowest BCUT2D eigenvalue weighted by molar-refractivity contribution is 0.249. The van der Waals surface area contributed by atoms with Gasteiger partial charge in [0.25, 0.3) is 0 Å². The van der Waals surface area contributed by atoms with Gasteiger partial charge in [0.15, 0.2) is 0 Å². The zero-order valence-electron chi connectivity index (χ0n) is 13.9. The lowest BCUT2D eigenvalue weighted by Crippen LogP contribution is -2.46. The molecule has 4 rings (SSSR count). The molecule has 0 N–H and O–H groups in total. The Kier molecular flexibility index (Phi) is 4.04. The van der Waals surface area contributed by atoms with E-state index in [9.17, 15) is 0 Å². The molecule has 1 aromatic heterocycles. The third-order valence-electron chi connectivity index (χ3n) is 5.03. The molecule has 0 bridgehead atoms. The molecule has 1 aliphatic heterocycles. The topological polar surface area (TPSA) is 19.4 Å². The van der Waals surface area contributed by atoms with Gasteiger partial charge in [-0.2, -0.15) is 0 Å². The van der Waals surface area contributed by atoms with Gasteiger partial charge in [0.1, 0.15) is 5.82 Å². The molecule has 2 fully saturated rings. The number of rotatable bonds is 4. The van der Waals surface area contributed by atoms with Crippen molar-refractivity contribution in [3.05, 3.63) is 59.3 Å². The summed E-state index contributed by atoms with van der Waals surface area (Å²) in [6.07, 6.45) is 4.73. The zero-order valence-corrected chi connectivity index (χ0v) is 13.9. The molecule has 3 heteroatoms. The number of pyridine rings is 1. The molecule has 2 aromatic rings. The molecule has 2 heterocycles. The average Bonchev–Trinajstić information content (AvgIpc) is 3.42. The van der Waals surface area contributed by atoms with Crippen molar-refractivity contribution in [2.24, 2.45) is 0 Å². The Hall–Kier alpha value is -1.87. The standard InChI is InChI=1S/C20H25N3/c1-16-2-9-20(21-14-16)23-12-10-22(11-13-23)15-17-3-5-18(6-4-17)19-7-8-19/h2-6,9,14,19H,7-8,10-13,15H2,1H3. The number of piperazine rings is 1. The van der Waals surface area contributed by atoms with Gasteiger partial charge in [-0.05, 0) is 48.4 Å². The van der Waals surface area contributed by atoms with E-state index in [0.717, 1.165) is 44.5 Å². The molecular formula is C20H25N3. The minimum absolute atomic E-state index is 0.856. The van der Waals surface area contributed by atoms with E-state index in [1.165, 1.54) is 29.5 Å². The van der Waals surface area contributed by atoms with Crippen LogP contribution in [0.3, 0.4) is 0 Å². The highest BCUT2D eigenvalue weighted by Gasteiger charge is 2.23. The molecule has 0 unspecified atom stereocenters. The number of nitrogens with zero attached hydrogens (tertiary/aromatic N) is 3. The normalized spacial score (nSPS) is 19.1. The maximum Gasteiger partial charge on any atom is 0.128 e. The van der Waals surface area contributed by atoms with Crippen LogP contribution in [0.15, 0.2) is 42.6 Å². The van der Waals surface area contributed by atoms with Crippen LogP contribution in [0.4, 0.5) is 5.82 Å². The second-order valence-corrected chi connectivity index (χ2v) is 6.97. The van der Waals surface area contributed by atoms with Crippen molar-refractivity contribution in [3.8, 4) is 0 Å². The van der Waals surface area contributed by atoms with Crippen molar-refractivity contribution >= 4 is 5.82 Å². The molecule has 23 heavy (non-hydrogen) atoms. The van der Waals surface area contributed by atoms with Crippen molar-refractivity contribution in [1.29, 1.82) is 0 Å². The average molecular weight is 307 g/mol. The summed E-state index contributed by atoms with van der Waals surface area (Å²) in [7, 11) is 0. The summed E-state index contributed by atoms with van der Waals surface area (Å²) < 4.78 is 0. The molecule has 0 amide bonds. The highest BCUT2D eigenvalue weighted by Crippen LogP contribution is 2.39. The van der Waals surface area contributed by atoms with Crippen LogP contribution in [0, 0.1) is 6.92 Å². The van der Waals surface area contributed by atoms with Gasteiger partial charge in [0, 0.05) is 38.9 Å². The Labute approximate surface area is 139 Å². The van der Waals surface area contributed by atoms with Gasteiger partial charge < -0.3 is 4.90 Å². The molecule has 1 aromatic carbocycles. The van der Waals surface area contributed by atoms with Crippen LogP contribution in [0.5, 0.6) is 0 Å². The largest absolute Gasteiger partial charge is 0.354 e. The van der Waals surface area contributed by atoms with Crippen molar-refractivity contribution in [2.45, 2.75) is 32.2 Å². The van der Waals surface area contributed by atoms with Gasteiger partial charge >= 0.3 is 0 Å². The van der Waals surface area contributed by atoms with Crippen LogP contribution < -0.4 is 4.90 Å². The maximum atomic E-state index is 4.55. The van der Waals surface area contributed by atoms with Crippen LogP contribution in [-0.4, -0.2) is 36.1 Å². The number of hydrogen-bond acceptors (Lipinski definition) is 3. The number of benzene rings is 1. The minimum atomic E-state index is 0.856. The molecule has 1 saturated heterocycles. The summed E-state index contributed by atoms with van der Waals surface area (Å²) in [5, 5.41) is 0. The predicted octanol–water partition coefficient (Wildman–Crippen LogP) is 3.59. The second-order valence-electron chi connectivity index (χ2n) is 6.97. The molecule has 2 aliphatic rings. The Morgan fingerprint density at radius 2 is 1.70 bits per heavy atom. The van der Waals surface area contributed by atoms with E-state index in [0.29, 0.717) is 0 Å². The van der Waals surface area contributed by atoms with Gasteiger partial charge in [-0.25, -0.2) is 4.98 Å². The van der Waals surface area contributed by atoms with Crippen LogP contribution in [-0.2, 0) is 6.54 Å². The predicted molar refractivity (Wildman–Crippen MR) is 94.9 cm³/mol. The van der Waals surface area contributed by atoms with Crippen molar-refractivity contribution < 1.29 is 0 Å².